The molecule has 0 bridgehead atoms. The predicted octanol–water partition coefficient (Wildman–Crippen LogP) is 2.19. The van der Waals surface area contributed by atoms with Crippen molar-refractivity contribution >= 4 is 12.0 Å². The Bertz CT molecular complexity index is 327. The van der Waals surface area contributed by atoms with Crippen molar-refractivity contribution in [3.63, 3.8) is 0 Å². The van der Waals surface area contributed by atoms with Crippen LogP contribution in [0, 0.1) is 11.8 Å². The summed E-state index contributed by atoms with van der Waals surface area (Å²) in [6.07, 6.45) is -5.65. The third kappa shape index (κ3) is 2.70. The highest BCUT2D eigenvalue weighted by Crippen LogP contribution is 2.30. The molecule has 0 unspecified atom stereocenters. The molecule has 4 nitrogen and oxygen atoms in total. The summed E-state index contributed by atoms with van der Waals surface area (Å²) in [5, 5.41) is 0. The summed E-state index contributed by atoms with van der Waals surface area (Å²) in [4.78, 5) is 23.5. The average molecular weight is 253 g/mol. The zero-order valence-corrected chi connectivity index (χ0v) is 9.75. The van der Waals surface area contributed by atoms with Gasteiger partial charge in [-0.15, -0.1) is 0 Å². The molecule has 2 atom stereocenters. The van der Waals surface area contributed by atoms with E-state index in [4.69, 9.17) is 0 Å². The number of amides is 2. The molecule has 1 fully saturated rings. The van der Waals surface area contributed by atoms with Gasteiger partial charge in [0.05, 0.1) is 6.04 Å². The molecule has 1 saturated heterocycles. The SMILES string of the molecule is CC(C)[C@H]1COC(=O)N1C(=O)[C@@H](C)C(F)(F)F. The van der Waals surface area contributed by atoms with Crippen molar-refractivity contribution in [1.82, 2.24) is 4.90 Å². The number of carbonyl (C=O) groups is 2. The minimum atomic E-state index is -4.65. The maximum absolute atomic E-state index is 12.4. The molecule has 0 spiro atoms. The molecule has 2 amide bonds. The van der Waals surface area contributed by atoms with Gasteiger partial charge < -0.3 is 4.74 Å². The third-order valence-electron chi connectivity index (χ3n) is 2.77. The maximum atomic E-state index is 12.4. The fraction of sp³-hybridized carbons (Fsp3) is 0.800. The van der Waals surface area contributed by atoms with E-state index in [0.29, 0.717) is 4.90 Å². The highest BCUT2D eigenvalue weighted by Gasteiger charge is 2.49. The molecule has 0 aliphatic carbocycles. The van der Waals surface area contributed by atoms with Gasteiger partial charge in [-0.25, -0.2) is 9.69 Å². The molecule has 0 aromatic heterocycles. The Balaban J connectivity index is 2.90. The van der Waals surface area contributed by atoms with Crippen LogP contribution in [0.25, 0.3) is 0 Å². The molecule has 0 aromatic carbocycles. The quantitative estimate of drug-likeness (QED) is 0.757. The molecular formula is C10H14F3NO3. The van der Waals surface area contributed by atoms with Gasteiger partial charge >= 0.3 is 12.3 Å². The van der Waals surface area contributed by atoms with E-state index in [1.807, 2.05) is 0 Å². The van der Waals surface area contributed by atoms with Crippen LogP contribution in [0.5, 0.6) is 0 Å². The Morgan fingerprint density at radius 3 is 2.35 bits per heavy atom. The van der Waals surface area contributed by atoms with Gasteiger partial charge in [0.15, 0.2) is 0 Å². The summed E-state index contributed by atoms with van der Waals surface area (Å²) in [5.74, 6) is -3.60. The summed E-state index contributed by atoms with van der Waals surface area (Å²) in [5.41, 5.74) is 0. The number of hydrogen-bond donors (Lipinski definition) is 0. The molecule has 0 N–H and O–H groups in total. The summed E-state index contributed by atoms with van der Waals surface area (Å²) in [6.45, 7) is 4.12. The van der Waals surface area contributed by atoms with Crippen LogP contribution in [0.1, 0.15) is 20.8 Å². The second-order valence-electron chi connectivity index (χ2n) is 4.36. The van der Waals surface area contributed by atoms with Crippen LogP contribution in [0.15, 0.2) is 0 Å². The van der Waals surface area contributed by atoms with Crippen molar-refractivity contribution in [3.05, 3.63) is 0 Å². The first-order valence-electron chi connectivity index (χ1n) is 5.22. The molecule has 0 saturated carbocycles. The Morgan fingerprint density at radius 1 is 1.41 bits per heavy atom. The van der Waals surface area contributed by atoms with E-state index in [2.05, 4.69) is 4.74 Å². The largest absolute Gasteiger partial charge is 0.447 e. The Labute approximate surface area is 96.7 Å². The van der Waals surface area contributed by atoms with E-state index < -0.39 is 30.1 Å². The van der Waals surface area contributed by atoms with Crippen LogP contribution in [0.2, 0.25) is 0 Å². The van der Waals surface area contributed by atoms with Crippen molar-refractivity contribution in [3.8, 4) is 0 Å². The van der Waals surface area contributed by atoms with Crippen LogP contribution >= 0.6 is 0 Å². The summed E-state index contributed by atoms with van der Waals surface area (Å²) in [6, 6.07) is -0.625. The number of nitrogens with zero attached hydrogens (tertiary/aromatic N) is 1. The number of halogens is 3. The van der Waals surface area contributed by atoms with Gasteiger partial charge in [-0.05, 0) is 12.8 Å². The van der Waals surface area contributed by atoms with Crippen LogP contribution in [-0.2, 0) is 9.53 Å². The molecule has 1 aliphatic rings. The monoisotopic (exact) mass is 253 g/mol. The zero-order valence-electron chi connectivity index (χ0n) is 9.75. The Kier molecular flexibility index (Phi) is 3.68. The van der Waals surface area contributed by atoms with Gasteiger partial charge in [0.25, 0.3) is 0 Å². The molecule has 0 radical (unpaired) electrons. The van der Waals surface area contributed by atoms with Gasteiger partial charge in [0.1, 0.15) is 12.5 Å². The molecular weight excluding hydrogens is 239 g/mol. The number of hydrogen-bond acceptors (Lipinski definition) is 3. The van der Waals surface area contributed by atoms with E-state index in [-0.39, 0.29) is 12.5 Å². The van der Waals surface area contributed by atoms with Crippen LogP contribution < -0.4 is 0 Å². The van der Waals surface area contributed by atoms with E-state index >= 15 is 0 Å². The number of alkyl halides is 3. The molecule has 7 heteroatoms. The molecule has 1 rings (SSSR count). The van der Waals surface area contributed by atoms with E-state index in [1.165, 1.54) is 0 Å². The zero-order chi connectivity index (χ0) is 13.4. The van der Waals surface area contributed by atoms with Gasteiger partial charge in [-0.1, -0.05) is 13.8 Å². The first-order valence-corrected chi connectivity index (χ1v) is 5.22. The van der Waals surface area contributed by atoms with Crippen molar-refractivity contribution in [1.29, 1.82) is 0 Å². The molecule has 17 heavy (non-hydrogen) atoms. The Morgan fingerprint density at radius 2 is 1.94 bits per heavy atom. The number of cyclic esters (lactones) is 1. The topological polar surface area (TPSA) is 46.6 Å². The first-order chi connectivity index (χ1) is 7.66. The number of ether oxygens (including phenoxy) is 1. The van der Waals surface area contributed by atoms with E-state index in [1.54, 1.807) is 13.8 Å². The van der Waals surface area contributed by atoms with Gasteiger partial charge in [-0.3, -0.25) is 4.79 Å². The first kappa shape index (κ1) is 13.8. The lowest BCUT2D eigenvalue weighted by Gasteiger charge is -2.26. The third-order valence-corrected chi connectivity index (χ3v) is 2.77. The van der Waals surface area contributed by atoms with Gasteiger partial charge in [0, 0.05) is 0 Å². The van der Waals surface area contributed by atoms with Crippen molar-refractivity contribution in [2.24, 2.45) is 11.8 Å². The second kappa shape index (κ2) is 4.54. The second-order valence-corrected chi connectivity index (χ2v) is 4.36. The summed E-state index contributed by atoms with van der Waals surface area (Å²) < 4.78 is 41.8. The van der Waals surface area contributed by atoms with Crippen LogP contribution in [0.3, 0.4) is 0 Å². The maximum Gasteiger partial charge on any atom is 0.416 e. The lowest BCUT2D eigenvalue weighted by molar-refractivity contribution is -0.184. The summed E-state index contributed by atoms with van der Waals surface area (Å²) >= 11 is 0. The highest BCUT2D eigenvalue weighted by molar-refractivity contribution is 5.95. The lowest BCUT2D eigenvalue weighted by Crippen LogP contribution is -2.47. The van der Waals surface area contributed by atoms with Crippen molar-refractivity contribution in [2.75, 3.05) is 6.61 Å². The molecule has 1 aliphatic heterocycles. The minimum absolute atomic E-state index is 0.0488. The average Bonchev–Trinajstić information content (AvgIpc) is 2.56. The molecule has 1 heterocycles. The number of imide groups is 1. The van der Waals surface area contributed by atoms with Crippen LogP contribution in [0.4, 0.5) is 18.0 Å². The Hall–Kier alpha value is -1.27. The van der Waals surface area contributed by atoms with Crippen molar-refractivity contribution < 1.29 is 27.5 Å². The number of carbonyl (C=O) groups excluding carboxylic acids is 2. The highest BCUT2D eigenvalue weighted by atomic mass is 19.4. The number of rotatable bonds is 2. The fourth-order valence-electron chi connectivity index (χ4n) is 1.53. The standard InChI is InChI=1S/C10H14F3NO3/c1-5(2)7-4-17-9(16)14(7)8(15)6(3)10(11,12)13/h5-7H,4H2,1-3H3/t6-,7-/m1/s1. The van der Waals surface area contributed by atoms with Crippen LogP contribution in [-0.4, -0.2) is 35.7 Å². The normalized spacial score (nSPS) is 22.9. The molecule has 98 valence electrons. The lowest BCUT2D eigenvalue weighted by atomic mass is 10.0. The predicted molar refractivity (Wildman–Crippen MR) is 52.0 cm³/mol. The van der Waals surface area contributed by atoms with Crippen molar-refractivity contribution in [2.45, 2.75) is 33.0 Å². The van der Waals surface area contributed by atoms with E-state index in [9.17, 15) is 22.8 Å². The van der Waals surface area contributed by atoms with Gasteiger partial charge in [-0.2, -0.15) is 13.2 Å². The smallest absolute Gasteiger partial charge is 0.416 e. The summed E-state index contributed by atoms with van der Waals surface area (Å²) in [7, 11) is 0. The van der Waals surface area contributed by atoms with E-state index in [0.717, 1.165) is 6.92 Å². The fourth-order valence-corrected chi connectivity index (χ4v) is 1.53. The molecule has 0 aromatic rings. The van der Waals surface area contributed by atoms with Gasteiger partial charge in [0.2, 0.25) is 5.91 Å². The minimum Gasteiger partial charge on any atom is -0.447 e.